The molecular weight excluding hydrogens is 138 g/mol. The van der Waals surface area contributed by atoms with E-state index in [1.807, 2.05) is 0 Å². The lowest BCUT2D eigenvalue weighted by Crippen LogP contribution is -2.56. The Hall–Kier alpha value is -0.0800. The van der Waals surface area contributed by atoms with Crippen LogP contribution in [0.25, 0.3) is 0 Å². The fraction of sp³-hybridized carbons (Fsp3) is 1.00. The van der Waals surface area contributed by atoms with Gasteiger partial charge in [0.15, 0.2) is 0 Å². The number of hydrogen-bond donors (Lipinski definition) is 1. The molecule has 1 saturated heterocycles. The fourth-order valence-electron chi connectivity index (χ4n) is 1.70. The highest BCUT2D eigenvalue weighted by Gasteiger charge is 2.37. The van der Waals surface area contributed by atoms with E-state index in [-0.39, 0.29) is 11.6 Å². The summed E-state index contributed by atoms with van der Waals surface area (Å²) in [5, 5.41) is 9.74. The van der Waals surface area contributed by atoms with Gasteiger partial charge in [-0.15, -0.1) is 0 Å². The van der Waals surface area contributed by atoms with Crippen LogP contribution in [0.1, 0.15) is 27.2 Å². The molecule has 0 bridgehead atoms. The van der Waals surface area contributed by atoms with Crippen LogP contribution < -0.4 is 0 Å². The molecule has 1 aliphatic rings. The first-order valence-corrected chi connectivity index (χ1v) is 4.34. The van der Waals surface area contributed by atoms with Gasteiger partial charge in [0, 0.05) is 12.1 Å². The van der Waals surface area contributed by atoms with Crippen molar-refractivity contribution < 1.29 is 5.11 Å². The van der Waals surface area contributed by atoms with Gasteiger partial charge in [0.05, 0.1) is 6.10 Å². The van der Waals surface area contributed by atoms with Gasteiger partial charge >= 0.3 is 0 Å². The standard InChI is InChI=1S/C9H19NO/c1-7-5-8(11)9(2,3)10(4)6-7/h7-8,11H,5-6H2,1-4H3/t7-,8+/m0/s1. The smallest absolute Gasteiger partial charge is 0.0721 e. The van der Waals surface area contributed by atoms with Crippen molar-refractivity contribution in [2.45, 2.75) is 38.8 Å². The van der Waals surface area contributed by atoms with Gasteiger partial charge in [-0.3, -0.25) is 4.90 Å². The number of hydrogen-bond acceptors (Lipinski definition) is 2. The van der Waals surface area contributed by atoms with Gasteiger partial charge in [0.25, 0.3) is 0 Å². The second-order valence-electron chi connectivity index (χ2n) is 4.39. The molecule has 1 fully saturated rings. The molecule has 0 radical (unpaired) electrons. The molecule has 0 saturated carbocycles. The molecule has 2 nitrogen and oxygen atoms in total. The third-order valence-corrected chi connectivity index (χ3v) is 3.01. The zero-order chi connectivity index (χ0) is 8.65. The van der Waals surface area contributed by atoms with Crippen molar-refractivity contribution in [3.8, 4) is 0 Å². The van der Waals surface area contributed by atoms with E-state index in [4.69, 9.17) is 0 Å². The molecule has 2 atom stereocenters. The highest BCUT2D eigenvalue weighted by atomic mass is 16.3. The van der Waals surface area contributed by atoms with E-state index >= 15 is 0 Å². The van der Waals surface area contributed by atoms with Gasteiger partial charge in [0.1, 0.15) is 0 Å². The zero-order valence-corrected chi connectivity index (χ0v) is 7.96. The summed E-state index contributed by atoms with van der Waals surface area (Å²) in [7, 11) is 2.08. The van der Waals surface area contributed by atoms with E-state index in [1.54, 1.807) is 0 Å². The van der Waals surface area contributed by atoms with E-state index in [9.17, 15) is 5.11 Å². The minimum atomic E-state index is -0.170. The average Bonchev–Trinajstić information content (AvgIpc) is 1.84. The molecule has 0 unspecified atom stereocenters. The highest BCUT2D eigenvalue weighted by molar-refractivity contribution is 4.92. The van der Waals surface area contributed by atoms with Crippen molar-refractivity contribution in [3.05, 3.63) is 0 Å². The van der Waals surface area contributed by atoms with Crippen molar-refractivity contribution in [1.82, 2.24) is 4.90 Å². The molecule has 0 spiro atoms. The van der Waals surface area contributed by atoms with Crippen molar-refractivity contribution in [2.24, 2.45) is 5.92 Å². The average molecular weight is 157 g/mol. The molecule has 1 heterocycles. The first-order valence-electron chi connectivity index (χ1n) is 4.34. The van der Waals surface area contributed by atoms with Crippen LogP contribution in [0, 0.1) is 5.92 Å². The van der Waals surface area contributed by atoms with Crippen LogP contribution in [0.3, 0.4) is 0 Å². The van der Waals surface area contributed by atoms with Gasteiger partial charge in [0.2, 0.25) is 0 Å². The molecule has 0 amide bonds. The number of likely N-dealkylation sites (tertiary alicyclic amines) is 1. The Labute approximate surface area is 69.2 Å². The van der Waals surface area contributed by atoms with Gasteiger partial charge in [-0.25, -0.2) is 0 Å². The molecule has 1 aliphatic heterocycles. The third-order valence-electron chi connectivity index (χ3n) is 3.01. The van der Waals surface area contributed by atoms with Crippen molar-refractivity contribution in [3.63, 3.8) is 0 Å². The molecule has 1 N–H and O–H groups in total. The highest BCUT2D eigenvalue weighted by Crippen LogP contribution is 2.28. The first kappa shape index (κ1) is 9.01. The van der Waals surface area contributed by atoms with Gasteiger partial charge < -0.3 is 5.11 Å². The van der Waals surface area contributed by atoms with Crippen molar-refractivity contribution in [1.29, 1.82) is 0 Å². The molecule has 1 rings (SSSR count). The Kier molecular flexibility index (Phi) is 2.26. The molecule has 2 heteroatoms. The molecule has 66 valence electrons. The Balaban J connectivity index is 2.67. The lowest BCUT2D eigenvalue weighted by atomic mass is 9.83. The summed E-state index contributed by atoms with van der Waals surface area (Å²) < 4.78 is 0. The van der Waals surface area contributed by atoms with E-state index in [1.165, 1.54) is 0 Å². The number of aliphatic hydroxyl groups is 1. The van der Waals surface area contributed by atoms with Crippen molar-refractivity contribution in [2.75, 3.05) is 13.6 Å². The fourth-order valence-corrected chi connectivity index (χ4v) is 1.70. The summed E-state index contributed by atoms with van der Waals surface area (Å²) in [6.07, 6.45) is 0.772. The second-order valence-corrected chi connectivity index (χ2v) is 4.39. The van der Waals surface area contributed by atoms with E-state index in [0.717, 1.165) is 13.0 Å². The lowest BCUT2D eigenvalue weighted by molar-refractivity contribution is -0.0488. The number of piperidine rings is 1. The third kappa shape index (κ3) is 1.57. The summed E-state index contributed by atoms with van der Waals surface area (Å²) in [6.45, 7) is 7.49. The Bertz CT molecular complexity index is 130. The number of likely N-dealkylation sites (N-methyl/N-ethyl adjacent to an activating group) is 1. The van der Waals surface area contributed by atoms with Crippen LogP contribution in [-0.2, 0) is 0 Å². The maximum atomic E-state index is 9.74. The zero-order valence-electron chi connectivity index (χ0n) is 7.96. The van der Waals surface area contributed by atoms with Crippen LogP contribution in [0.4, 0.5) is 0 Å². The largest absolute Gasteiger partial charge is 0.391 e. The van der Waals surface area contributed by atoms with Crippen LogP contribution in [0.2, 0.25) is 0 Å². The van der Waals surface area contributed by atoms with Gasteiger partial charge in [-0.05, 0) is 33.2 Å². The van der Waals surface area contributed by atoms with Gasteiger partial charge in [-0.1, -0.05) is 6.92 Å². The Morgan fingerprint density at radius 3 is 2.45 bits per heavy atom. The van der Waals surface area contributed by atoms with Crippen LogP contribution >= 0.6 is 0 Å². The topological polar surface area (TPSA) is 23.5 Å². The maximum absolute atomic E-state index is 9.74. The van der Waals surface area contributed by atoms with Crippen LogP contribution in [-0.4, -0.2) is 35.2 Å². The molecule has 0 aromatic heterocycles. The predicted octanol–water partition coefficient (Wildman–Crippen LogP) is 1.10. The summed E-state index contributed by atoms with van der Waals surface area (Å²) in [5.41, 5.74) is -0.0352. The molecule has 0 aromatic carbocycles. The Morgan fingerprint density at radius 1 is 1.45 bits per heavy atom. The van der Waals surface area contributed by atoms with Gasteiger partial charge in [-0.2, -0.15) is 0 Å². The minimum absolute atomic E-state index is 0.0352. The van der Waals surface area contributed by atoms with E-state index < -0.39 is 0 Å². The minimum Gasteiger partial charge on any atom is -0.391 e. The van der Waals surface area contributed by atoms with Crippen LogP contribution in [0.15, 0.2) is 0 Å². The summed E-state index contributed by atoms with van der Waals surface area (Å²) in [5.74, 6) is 0.628. The lowest BCUT2D eigenvalue weighted by Gasteiger charge is -2.46. The summed E-state index contributed by atoms with van der Waals surface area (Å²) in [4.78, 5) is 2.24. The SMILES string of the molecule is C[C@H]1C[C@@H](O)C(C)(C)N(C)C1. The van der Waals surface area contributed by atoms with Crippen molar-refractivity contribution >= 4 is 0 Å². The summed E-state index contributed by atoms with van der Waals surface area (Å²) >= 11 is 0. The molecule has 0 aromatic rings. The summed E-state index contributed by atoms with van der Waals surface area (Å²) in [6, 6.07) is 0. The monoisotopic (exact) mass is 157 g/mol. The molecule has 11 heavy (non-hydrogen) atoms. The van der Waals surface area contributed by atoms with Crippen LogP contribution in [0.5, 0.6) is 0 Å². The second kappa shape index (κ2) is 2.76. The quantitative estimate of drug-likeness (QED) is 0.569. The first-order chi connectivity index (χ1) is 4.94. The van der Waals surface area contributed by atoms with E-state index in [2.05, 4.69) is 32.7 Å². The normalized spacial score (nSPS) is 39.0. The molecule has 0 aliphatic carbocycles. The Morgan fingerprint density at radius 2 is 2.00 bits per heavy atom. The maximum Gasteiger partial charge on any atom is 0.0721 e. The number of aliphatic hydroxyl groups excluding tert-OH is 1. The predicted molar refractivity (Wildman–Crippen MR) is 46.5 cm³/mol. The van der Waals surface area contributed by atoms with E-state index in [0.29, 0.717) is 5.92 Å². The number of nitrogens with zero attached hydrogens (tertiary/aromatic N) is 1. The molecular formula is C9H19NO. The number of rotatable bonds is 0.